The van der Waals surface area contributed by atoms with Crippen molar-refractivity contribution < 1.29 is 9.53 Å². The van der Waals surface area contributed by atoms with Gasteiger partial charge in [0.2, 0.25) is 0 Å². The zero-order valence-corrected chi connectivity index (χ0v) is 13.7. The summed E-state index contributed by atoms with van der Waals surface area (Å²) in [4.78, 5) is 14.0. The topological polar surface area (TPSA) is 70.2 Å². The number of ether oxygens (including phenoxy) is 1. The predicted octanol–water partition coefficient (Wildman–Crippen LogP) is 3.32. The van der Waals surface area contributed by atoms with Gasteiger partial charge in [-0.3, -0.25) is 10.00 Å². The molecule has 0 saturated heterocycles. The molecule has 0 fully saturated rings. The molecule has 6 heteroatoms. The SMILES string of the molecule is CC(C)(C)OC(=O)N1CCc2cc(NCc3ccn[nH]3)ccc21. The lowest BCUT2D eigenvalue weighted by molar-refractivity contribution is 0.0584. The van der Waals surface area contributed by atoms with E-state index in [1.807, 2.05) is 39.0 Å². The summed E-state index contributed by atoms with van der Waals surface area (Å²) in [6.45, 7) is 6.99. The second-order valence-electron chi connectivity index (χ2n) is 6.66. The number of amides is 1. The van der Waals surface area contributed by atoms with Crippen LogP contribution in [0.4, 0.5) is 16.2 Å². The van der Waals surface area contributed by atoms with E-state index in [1.54, 1.807) is 11.1 Å². The molecular formula is C17H22N4O2. The fourth-order valence-corrected chi connectivity index (χ4v) is 2.60. The lowest BCUT2D eigenvalue weighted by atomic mass is 10.1. The average Bonchev–Trinajstić information content (AvgIpc) is 3.12. The first kappa shape index (κ1) is 15.4. The van der Waals surface area contributed by atoms with Gasteiger partial charge in [-0.25, -0.2) is 4.79 Å². The van der Waals surface area contributed by atoms with Gasteiger partial charge in [0.25, 0.3) is 0 Å². The molecular weight excluding hydrogens is 292 g/mol. The number of hydrogen-bond donors (Lipinski definition) is 2. The number of aromatic nitrogens is 2. The molecule has 0 aliphatic carbocycles. The molecule has 3 rings (SSSR count). The molecule has 1 aliphatic rings. The fourth-order valence-electron chi connectivity index (χ4n) is 2.60. The Morgan fingerprint density at radius 3 is 2.91 bits per heavy atom. The Kier molecular flexibility index (Phi) is 3.98. The lowest BCUT2D eigenvalue weighted by Crippen LogP contribution is -2.35. The number of anilines is 2. The molecule has 0 bridgehead atoms. The third kappa shape index (κ3) is 3.64. The second-order valence-corrected chi connectivity index (χ2v) is 6.66. The average molecular weight is 314 g/mol. The summed E-state index contributed by atoms with van der Waals surface area (Å²) in [5.41, 5.74) is 3.67. The highest BCUT2D eigenvalue weighted by molar-refractivity contribution is 5.91. The summed E-state index contributed by atoms with van der Waals surface area (Å²) in [5.74, 6) is 0. The largest absolute Gasteiger partial charge is 0.443 e. The Hall–Kier alpha value is -2.50. The van der Waals surface area contributed by atoms with Gasteiger partial charge >= 0.3 is 6.09 Å². The number of carbonyl (C=O) groups is 1. The number of fused-ring (bicyclic) bond motifs is 1. The first-order chi connectivity index (χ1) is 10.9. The molecule has 2 N–H and O–H groups in total. The zero-order valence-electron chi connectivity index (χ0n) is 13.7. The Morgan fingerprint density at radius 2 is 2.22 bits per heavy atom. The number of rotatable bonds is 3. The van der Waals surface area contributed by atoms with Crippen molar-refractivity contribution in [1.82, 2.24) is 10.2 Å². The van der Waals surface area contributed by atoms with Gasteiger partial charge in [0.15, 0.2) is 0 Å². The first-order valence-electron chi connectivity index (χ1n) is 7.78. The normalized spacial score (nSPS) is 13.8. The number of hydrogen-bond acceptors (Lipinski definition) is 4. The van der Waals surface area contributed by atoms with Crippen LogP contribution in [0.15, 0.2) is 30.5 Å². The maximum Gasteiger partial charge on any atom is 0.414 e. The number of aromatic amines is 1. The molecule has 0 saturated carbocycles. The van der Waals surface area contributed by atoms with Gasteiger partial charge in [-0.2, -0.15) is 5.10 Å². The van der Waals surface area contributed by atoms with Crippen LogP contribution >= 0.6 is 0 Å². The van der Waals surface area contributed by atoms with Gasteiger partial charge in [0, 0.05) is 18.4 Å². The smallest absolute Gasteiger partial charge is 0.414 e. The highest BCUT2D eigenvalue weighted by atomic mass is 16.6. The number of nitrogens with one attached hydrogen (secondary N) is 2. The summed E-state index contributed by atoms with van der Waals surface area (Å²) in [7, 11) is 0. The minimum atomic E-state index is -0.481. The van der Waals surface area contributed by atoms with Crippen LogP contribution in [0.25, 0.3) is 0 Å². The summed E-state index contributed by atoms with van der Waals surface area (Å²) >= 11 is 0. The molecule has 1 aromatic heterocycles. The van der Waals surface area contributed by atoms with Gasteiger partial charge in [0.05, 0.1) is 17.9 Å². The van der Waals surface area contributed by atoms with E-state index < -0.39 is 5.60 Å². The number of benzene rings is 1. The predicted molar refractivity (Wildman–Crippen MR) is 89.6 cm³/mol. The van der Waals surface area contributed by atoms with Crippen LogP contribution in [-0.2, 0) is 17.7 Å². The van der Waals surface area contributed by atoms with Crippen molar-refractivity contribution in [2.45, 2.75) is 39.3 Å². The van der Waals surface area contributed by atoms with Crippen molar-refractivity contribution in [3.63, 3.8) is 0 Å². The third-order valence-electron chi connectivity index (χ3n) is 3.63. The van der Waals surface area contributed by atoms with Crippen LogP contribution in [0.3, 0.4) is 0 Å². The zero-order chi connectivity index (χ0) is 16.4. The van der Waals surface area contributed by atoms with E-state index in [0.717, 1.165) is 29.1 Å². The van der Waals surface area contributed by atoms with Gasteiger partial charge in [0.1, 0.15) is 5.60 Å². The van der Waals surface area contributed by atoms with Crippen molar-refractivity contribution in [2.24, 2.45) is 0 Å². The van der Waals surface area contributed by atoms with Crippen molar-refractivity contribution in [1.29, 1.82) is 0 Å². The van der Waals surface area contributed by atoms with E-state index in [9.17, 15) is 4.79 Å². The minimum absolute atomic E-state index is 0.283. The fraction of sp³-hybridized carbons (Fsp3) is 0.412. The number of carbonyl (C=O) groups excluding carboxylic acids is 1. The monoisotopic (exact) mass is 314 g/mol. The first-order valence-corrected chi connectivity index (χ1v) is 7.78. The third-order valence-corrected chi connectivity index (χ3v) is 3.63. The summed E-state index contributed by atoms with van der Waals surface area (Å²) in [6.07, 6.45) is 2.29. The minimum Gasteiger partial charge on any atom is -0.443 e. The molecule has 6 nitrogen and oxygen atoms in total. The van der Waals surface area contributed by atoms with Gasteiger partial charge in [-0.1, -0.05) is 0 Å². The molecule has 23 heavy (non-hydrogen) atoms. The van der Waals surface area contributed by atoms with E-state index in [-0.39, 0.29) is 6.09 Å². The van der Waals surface area contributed by atoms with Crippen molar-refractivity contribution in [3.05, 3.63) is 41.7 Å². The molecule has 1 aliphatic heterocycles. The Labute approximate surface area is 135 Å². The Balaban J connectivity index is 1.68. The van der Waals surface area contributed by atoms with Crippen LogP contribution in [0, 0.1) is 0 Å². The maximum atomic E-state index is 12.3. The maximum absolute atomic E-state index is 12.3. The lowest BCUT2D eigenvalue weighted by Gasteiger charge is -2.24. The van der Waals surface area contributed by atoms with Crippen LogP contribution in [0.1, 0.15) is 32.0 Å². The molecule has 0 atom stereocenters. The van der Waals surface area contributed by atoms with Crippen molar-refractivity contribution in [3.8, 4) is 0 Å². The standard InChI is InChI=1S/C17H22N4O2/c1-17(2,3)23-16(22)21-9-7-12-10-13(4-5-15(12)21)18-11-14-6-8-19-20-14/h4-6,8,10,18H,7,9,11H2,1-3H3,(H,19,20). The molecule has 1 aromatic carbocycles. The molecule has 0 spiro atoms. The van der Waals surface area contributed by atoms with E-state index >= 15 is 0 Å². The Bertz CT molecular complexity index is 689. The van der Waals surface area contributed by atoms with E-state index in [4.69, 9.17) is 4.74 Å². The van der Waals surface area contributed by atoms with Crippen molar-refractivity contribution >= 4 is 17.5 Å². The highest BCUT2D eigenvalue weighted by Gasteiger charge is 2.28. The van der Waals surface area contributed by atoms with E-state index in [0.29, 0.717) is 13.1 Å². The molecule has 0 radical (unpaired) electrons. The second kappa shape index (κ2) is 5.95. The summed E-state index contributed by atoms with van der Waals surface area (Å²) in [5, 5.41) is 10.2. The molecule has 2 heterocycles. The highest BCUT2D eigenvalue weighted by Crippen LogP contribution is 2.31. The van der Waals surface area contributed by atoms with Crippen LogP contribution in [0.5, 0.6) is 0 Å². The van der Waals surface area contributed by atoms with E-state index in [1.165, 1.54) is 0 Å². The number of H-pyrrole nitrogens is 1. The van der Waals surface area contributed by atoms with E-state index in [2.05, 4.69) is 21.6 Å². The Morgan fingerprint density at radius 1 is 1.39 bits per heavy atom. The van der Waals surface area contributed by atoms with Crippen LogP contribution in [0.2, 0.25) is 0 Å². The van der Waals surface area contributed by atoms with Crippen molar-refractivity contribution in [2.75, 3.05) is 16.8 Å². The quantitative estimate of drug-likeness (QED) is 0.912. The van der Waals surface area contributed by atoms with Gasteiger partial charge in [-0.15, -0.1) is 0 Å². The van der Waals surface area contributed by atoms with Crippen LogP contribution < -0.4 is 10.2 Å². The number of nitrogens with zero attached hydrogens (tertiary/aromatic N) is 2. The van der Waals surface area contributed by atoms with Crippen LogP contribution in [-0.4, -0.2) is 28.4 Å². The summed E-state index contributed by atoms with van der Waals surface area (Å²) in [6, 6.07) is 7.99. The molecule has 122 valence electrons. The molecule has 0 unspecified atom stereocenters. The summed E-state index contributed by atoms with van der Waals surface area (Å²) < 4.78 is 5.47. The van der Waals surface area contributed by atoms with Gasteiger partial charge < -0.3 is 10.1 Å². The van der Waals surface area contributed by atoms with Gasteiger partial charge in [-0.05, 0) is 57.0 Å². The molecule has 2 aromatic rings. The molecule has 1 amide bonds.